The van der Waals surface area contributed by atoms with Gasteiger partial charge in [-0.3, -0.25) is 4.79 Å². The standard InChI is InChI=1S/C19H30N2O.ClH/c22-18(8-12-6-16-1-2-17(7-12)20-16)21-19-9-13-3-14(10-19)5-15(4-13)11-19;/h12-17,20H,1-11H2,(H,21,22);1H/t12-,13?,14?,15?,16+,17-,19?;. The third kappa shape index (κ3) is 3.04. The van der Waals surface area contributed by atoms with E-state index in [-0.39, 0.29) is 17.9 Å². The summed E-state index contributed by atoms with van der Waals surface area (Å²) in [5, 5.41) is 7.25. The van der Waals surface area contributed by atoms with Gasteiger partial charge in [0.2, 0.25) is 5.91 Å². The van der Waals surface area contributed by atoms with Crippen LogP contribution in [0.2, 0.25) is 0 Å². The number of carbonyl (C=O) groups excluding carboxylic acids is 1. The van der Waals surface area contributed by atoms with Gasteiger partial charge in [0.15, 0.2) is 0 Å². The number of hydrogen-bond donors (Lipinski definition) is 2. The Balaban J connectivity index is 0.00000135. The zero-order valence-corrected chi connectivity index (χ0v) is 14.9. The summed E-state index contributed by atoms with van der Waals surface area (Å²) in [4.78, 5) is 12.7. The van der Waals surface area contributed by atoms with Gasteiger partial charge in [-0.15, -0.1) is 12.4 Å². The van der Waals surface area contributed by atoms with Crippen LogP contribution < -0.4 is 10.6 Å². The van der Waals surface area contributed by atoms with Crippen molar-refractivity contribution in [3.63, 3.8) is 0 Å². The molecular formula is C19H31ClN2O. The second-order valence-corrected chi connectivity index (χ2v) is 9.43. The van der Waals surface area contributed by atoms with Gasteiger partial charge in [0.25, 0.3) is 0 Å². The highest BCUT2D eigenvalue weighted by Gasteiger charge is 2.51. The van der Waals surface area contributed by atoms with Crippen molar-refractivity contribution in [2.75, 3.05) is 0 Å². The first kappa shape index (κ1) is 16.2. The van der Waals surface area contributed by atoms with Crippen LogP contribution in [-0.2, 0) is 4.79 Å². The summed E-state index contributed by atoms with van der Waals surface area (Å²) in [5.74, 6) is 3.75. The number of amides is 1. The highest BCUT2D eigenvalue weighted by atomic mass is 35.5. The van der Waals surface area contributed by atoms with Gasteiger partial charge in [-0.2, -0.15) is 0 Å². The minimum atomic E-state index is 0. The predicted molar refractivity (Wildman–Crippen MR) is 93.6 cm³/mol. The molecular weight excluding hydrogens is 308 g/mol. The Hall–Kier alpha value is -0.280. The van der Waals surface area contributed by atoms with Gasteiger partial charge in [0, 0.05) is 24.0 Å². The van der Waals surface area contributed by atoms with Gasteiger partial charge >= 0.3 is 0 Å². The zero-order chi connectivity index (χ0) is 14.7. The Morgan fingerprint density at radius 2 is 1.43 bits per heavy atom. The van der Waals surface area contributed by atoms with Crippen molar-refractivity contribution in [3.8, 4) is 0 Å². The monoisotopic (exact) mass is 338 g/mol. The van der Waals surface area contributed by atoms with Crippen molar-refractivity contribution in [1.29, 1.82) is 0 Å². The predicted octanol–water partition coefficient (Wildman–Crippen LogP) is 3.41. The number of piperidine rings is 1. The number of fused-ring (bicyclic) bond motifs is 2. The van der Waals surface area contributed by atoms with E-state index in [4.69, 9.17) is 0 Å². The van der Waals surface area contributed by atoms with Crippen LogP contribution >= 0.6 is 12.4 Å². The first-order valence-corrected chi connectivity index (χ1v) is 9.73. The fourth-order valence-electron chi connectivity index (χ4n) is 7.21. The summed E-state index contributed by atoms with van der Waals surface area (Å²) in [6.45, 7) is 0. The molecule has 6 fully saturated rings. The average Bonchev–Trinajstić information content (AvgIpc) is 2.75. The van der Waals surface area contributed by atoms with Gasteiger partial charge in [0.1, 0.15) is 0 Å². The van der Waals surface area contributed by atoms with Crippen LogP contribution in [0.1, 0.15) is 70.6 Å². The number of carbonyl (C=O) groups is 1. The van der Waals surface area contributed by atoms with Crippen LogP contribution in [0.3, 0.4) is 0 Å². The maximum absolute atomic E-state index is 12.7. The average molecular weight is 339 g/mol. The van der Waals surface area contributed by atoms with Crippen molar-refractivity contribution in [2.24, 2.45) is 23.7 Å². The fourth-order valence-corrected chi connectivity index (χ4v) is 7.21. The summed E-state index contributed by atoms with van der Waals surface area (Å²) < 4.78 is 0. The van der Waals surface area contributed by atoms with E-state index in [0.29, 0.717) is 23.9 Å². The van der Waals surface area contributed by atoms with Gasteiger partial charge in [-0.05, 0) is 87.9 Å². The third-order valence-electron chi connectivity index (χ3n) is 7.49. The molecule has 6 rings (SSSR count). The van der Waals surface area contributed by atoms with E-state index in [1.807, 2.05) is 0 Å². The number of hydrogen-bond acceptors (Lipinski definition) is 2. The minimum absolute atomic E-state index is 0. The van der Waals surface area contributed by atoms with Gasteiger partial charge in [-0.25, -0.2) is 0 Å². The molecule has 2 N–H and O–H groups in total. The Kier molecular flexibility index (Phi) is 4.16. The molecule has 6 bridgehead atoms. The molecule has 4 heteroatoms. The molecule has 0 spiro atoms. The van der Waals surface area contributed by atoms with E-state index < -0.39 is 0 Å². The zero-order valence-electron chi connectivity index (χ0n) is 14.1. The fraction of sp³-hybridized carbons (Fsp3) is 0.947. The Bertz CT molecular complexity index is 433. The van der Waals surface area contributed by atoms with Crippen molar-refractivity contribution < 1.29 is 4.79 Å². The molecule has 0 radical (unpaired) electrons. The first-order valence-electron chi connectivity index (χ1n) is 9.73. The summed E-state index contributed by atoms with van der Waals surface area (Å²) in [6.07, 6.45) is 14.1. The number of rotatable bonds is 3. The minimum Gasteiger partial charge on any atom is -0.351 e. The lowest BCUT2D eigenvalue weighted by Gasteiger charge is -2.57. The molecule has 2 saturated heterocycles. The maximum atomic E-state index is 12.7. The SMILES string of the molecule is Cl.O=C(C[C@H]1C[C@H]2CC[C@@H](C1)N2)NC12CC3CC(CC(C3)C1)C2. The Morgan fingerprint density at radius 3 is 1.96 bits per heavy atom. The second kappa shape index (κ2) is 5.91. The molecule has 3 atom stereocenters. The molecule has 1 amide bonds. The van der Waals surface area contributed by atoms with E-state index in [2.05, 4.69) is 10.6 Å². The van der Waals surface area contributed by atoms with Crippen LogP contribution in [0.4, 0.5) is 0 Å². The lowest BCUT2D eigenvalue weighted by Crippen LogP contribution is -2.60. The van der Waals surface area contributed by atoms with Crippen LogP contribution in [-0.4, -0.2) is 23.5 Å². The van der Waals surface area contributed by atoms with Gasteiger partial charge in [0.05, 0.1) is 0 Å². The first-order chi connectivity index (χ1) is 10.7. The maximum Gasteiger partial charge on any atom is 0.220 e. The molecule has 6 aliphatic rings. The van der Waals surface area contributed by atoms with E-state index >= 15 is 0 Å². The summed E-state index contributed by atoms with van der Waals surface area (Å²) in [6, 6.07) is 1.41. The second-order valence-electron chi connectivity index (χ2n) is 9.43. The highest BCUT2D eigenvalue weighted by Crippen LogP contribution is 2.55. The summed E-state index contributed by atoms with van der Waals surface area (Å²) >= 11 is 0. The molecule has 4 aliphatic carbocycles. The van der Waals surface area contributed by atoms with Crippen molar-refractivity contribution in [3.05, 3.63) is 0 Å². The number of nitrogens with one attached hydrogen (secondary N) is 2. The number of halogens is 1. The molecule has 0 unspecified atom stereocenters. The van der Waals surface area contributed by atoms with Crippen LogP contribution in [0, 0.1) is 23.7 Å². The molecule has 2 heterocycles. The van der Waals surface area contributed by atoms with Crippen LogP contribution in [0.25, 0.3) is 0 Å². The topological polar surface area (TPSA) is 41.1 Å². The Morgan fingerprint density at radius 1 is 0.913 bits per heavy atom. The Labute approximate surface area is 146 Å². The van der Waals surface area contributed by atoms with Crippen LogP contribution in [0.5, 0.6) is 0 Å². The van der Waals surface area contributed by atoms with Gasteiger partial charge < -0.3 is 10.6 Å². The molecule has 0 aromatic heterocycles. The molecule has 0 aromatic carbocycles. The largest absolute Gasteiger partial charge is 0.351 e. The quantitative estimate of drug-likeness (QED) is 0.828. The third-order valence-corrected chi connectivity index (χ3v) is 7.49. The smallest absolute Gasteiger partial charge is 0.220 e. The molecule has 2 aliphatic heterocycles. The van der Waals surface area contributed by atoms with Crippen molar-refractivity contribution in [1.82, 2.24) is 10.6 Å². The van der Waals surface area contributed by atoms with E-state index in [1.165, 1.54) is 64.2 Å². The van der Waals surface area contributed by atoms with E-state index in [1.54, 1.807) is 0 Å². The van der Waals surface area contributed by atoms with Crippen molar-refractivity contribution >= 4 is 18.3 Å². The normalized spacial score (nSPS) is 49.7. The lowest BCUT2D eigenvalue weighted by atomic mass is 9.53. The van der Waals surface area contributed by atoms with Crippen molar-refractivity contribution in [2.45, 2.75) is 88.3 Å². The molecule has 0 aromatic rings. The van der Waals surface area contributed by atoms with Crippen LogP contribution in [0.15, 0.2) is 0 Å². The van der Waals surface area contributed by atoms with Gasteiger partial charge in [-0.1, -0.05) is 0 Å². The lowest BCUT2D eigenvalue weighted by molar-refractivity contribution is -0.128. The summed E-state index contributed by atoms with van der Waals surface area (Å²) in [5.41, 5.74) is 0.206. The summed E-state index contributed by atoms with van der Waals surface area (Å²) in [7, 11) is 0. The molecule has 4 saturated carbocycles. The van der Waals surface area contributed by atoms with E-state index in [9.17, 15) is 4.79 Å². The molecule has 3 nitrogen and oxygen atoms in total. The van der Waals surface area contributed by atoms with E-state index in [0.717, 1.165) is 24.2 Å². The highest BCUT2D eigenvalue weighted by molar-refractivity contribution is 5.85. The molecule has 130 valence electrons. The molecule has 23 heavy (non-hydrogen) atoms.